The molecule has 322 valence electrons. The Balaban J connectivity index is 1.04. The van der Waals surface area contributed by atoms with Crippen LogP contribution in [0.15, 0.2) is 60.8 Å². The first kappa shape index (κ1) is 44.3. The van der Waals surface area contributed by atoms with Crippen molar-refractivity contribution in [2.45, 2.75) is 98.1 Å². The van der Waals surface area contributed by atoms with Crippen LogP contribution in [0.3, 0.4) is 0 Å². The van der Waals surface area contributed by atoms with Crippen LogP contribution in [-0.4, -0.2) is 101 Å². The molecule has 3 aromatic carbocycles. The van der Waals surface area contributed by atoms with Crippen molar-refractivity contribution in [3.05, 3.63) is 77.6 Å². The smallest absolute Gasteiger partial charge is 0.233 e. The summed E-state index contributed by atoms with van der Waals surface area (Å²) in [6.45, 7) is 22.6. The molecule has 1 aliphatic rings. The van der Waals surface area contributed by atoms with E-state index in [2.05, 4.69) is 144 Å². The van der Waals surface area contributed by atoms with Gasteiger partial charge in [-0.1, -0.05) is 71.9 Å². The maximum absolute atomic E-state index is 12.8. The zero-order valence-electron chi connectivity index (χ0n) is 37.1. The van der Waals surface area contributed by atoms with E-state index in [-0.39, 0.29) is 29.2 Å². The number of hydrogen-bond donors (Lipinski definition) is 4. The average molecular weight is 819 g/mol. The standard InChI is InChI=1S/C47H66N10O3/c1-9-19-49-43(59)31-48-30-36-32-57(54-53-36)21-11-20-50-42(58)12-10-26-60-44-38(46(2,3)4)27-35(28-39(44)47(5,6)7)45-51-40-18-15-34(29-41(40)52-45)33-13-16-37(17-14-33)56-24-22-55(8)23-25-56/h13-18,27-29,32,48H,9-12,19-26,30-31H2,1-8H3,(H,49,59)(H,50,58)(H,51,52). The van der Waals surface area contributed by atoms with Gasteiger partial charge in [-0.2, -0.15) is 0 Å². The summed E-state index contributed by atoms with van der Waals surface area (Å²) < 4.78 is 8.38. The molecule has 13 heteroatoms. The number of aromatic nitrogens is 5. The first-order valence-electron chi connectivity index (χ1n) is 21.7. The molecule has 1 aliphatic heterocycles. The Morgan fingerprint density at radius 1 is 0.817 bits per heavy atom. The van der Waals surface area contributed by atoms with E-state index < -0.39 is 0 Å². The molecule has 0 spiro atoms. The molecule has 3 heterocycles. The fourth-order valence-corrected chi connectivity index (χ4v) is 7.41. The zero-order valence-corrected chi connectivity index (χ0v) is 37.1. The number of piperazine rings is 1. The van der Waals surface area contributed by atoms with E-state index in [1.54, 1.807) is 4.68 Å². The first-order chi connectivity index (χ1) is 28.7. The first-order valence-corrected chi connectivity index (χ1v) is 21.7. The Kier molecular flexibility index (Phi) is 14.7. The number of nitrogens with one attached hydrogen (secondary N) is 4. The summed E-state index contributed by atoms with van der Waals surface area (Å²) in [6.07, 6.45) is 4.47. The van der Waals surface area contributed by atoms with Gasteiger partial charge in [-0.25, -0.2) is 4.98 Å². The lowest BCUT2D eigenvalue weighted by Crippen LogP contribution is -2.44. The highest BCUT2D eigenvalue weighted by atomic mass is 16.5. The Morgan fingerprint density at radius 3 is 2.18 bits per heavy atom. The van der Waals surface area contributed by atoms with Gasteiger partial charge < -0.3 is 35.5 Å². The van der Waals surface area contributed by atoms with Gasteiger partial charge in [0.1, 0.15) is 11.6 Å². The molecule has 1 fully saturated rings. The van der Waals surface area contributed by atoms with Crippen molar-refractivity contribution in [2.24, 2.45) is 0 Å². The molecule has 2 aromatic heterocycles. The third kappa shape index (κ3) is 11.9. The Morgan fingerprint density at radius 2 is 1.50 bits per heavy atom. The van der Waals surface area contributed by atoms with Gasteiger partial charge in [-0.05, 0) is 84.7 Å². The van der Waals surface area contributed by atoms with Gasteiger partial charge in [0.15, 0.2) is 0 Å². The molecule has 13 nitrogen and oxygen atoms in total. The van der Waals surface area contributed by atoms with Crippen LogP contribution in [0, 0.1) is 0 Å². The van der Waals surface area contributed by atoms with Gasteiger partial charge in [-0.15, -0.1) is 5.10 Å². The third-order valence-electron chi connectivity index (χ3n) is 11.0. The van der Waals surface area contributed by atoms with E-state index in [1.807, 2.05) is 13.1 Å². The molecule has 1 saturated heterocycles. The molecule has 2 amide bonds. The van der Waals surface area contributed by atoms with E-state index in [0.717, 1.165) is 89.6 Å². The number of fused-ring (bicyclic) bond motifs is 1. The highest BCUT2D eigenvalue weighted by Crippen LogP contribution is 2.43. The van der Waals surface area contributed by atoms with Gasteiger partial charge in [0.05, 0.1) is 29.9 Å². The number of nitrogens with zero attached hydrogens (tertiary/aromatic N) is 6. The third-order valence-corrected chi connectivity index (χ3v) is 11.0. The number of H-pyrrole nitrogens is 1. The minimum atomic E-state index is -0.204. The molecule has 0 atom stereocenters. The largest absolute Gasteiger partial charge is 0.493 e. The minimum Gasteiger partial charge on any atom is -0.493 e. The molecule has 0 unspecified atom stereocenters. The monoisotopic (exact) mass is 819 g/mol. The Bertz CT molecular complexity index is 2150. The van der Waals surface area contributed by atoms with Crippen molar-refractivity contribution in [2.75, 3.05) is 64.4 Å². The molecule has 5 aromatic rings. The van der Waals surface area contributed by atoms with Crippen LogP contribution >= 0.6 is 0 Å². The summed E-state index contributed by atoms with van der Waals surface area (Å²) in [6, 6.07) is 19.8. The van der Waals surface area contributed by atoms with Crippen molar-refractivity contribution in [1.82, 2.24) is 45.8 Å². The van der Waals surface area contributed by atoms with Crippen molar-refractivity contribution in [3.8, 4) is 28.3 Å². The average Bonchev–Trinajstić information content (AvgIpc) is 3.86. The van der Waals surface area contributed by atoms with Gasteiger partial charge in [0.25, 0.3) is 0 Å². The highest BCUT2D eigenvalue weighted by molar-refractivity contribution is 5.85. The second-order valence-corrected chi connectivity index (χ2v) is 18.1. The summed E-state index contributed by atoms with van der Waals surface area (Å²) in [5, 5.41) is 17.3. The lowest BCUT2D eigenvalue weighted by atomic mass is 9.78. The number of hydrogen-bond acceptors (Lipinski definition) is 9. The van der Waals surface area contributed by atoms with E-state index in [9.17, 15) is 9.59 Å². The molecule has 4 N–H and O–H groups in total. The molecule has 0 bridgehead atoms. The van der Waals surface area contributed by atoms with Crippen LogP contribution in [0.2, 0.25) is 0 Å². The normalized spacial score (nSPS) is 13.8. The fraction of sp³-hybridized carbons (Fsp3) is 0.511. The molecule has 0 radical (unpaired) electrons. The molecular formula is C47H66N10O3. The maximum atomic E-state index is 12.8. The number of likely N-dealkylation sites (N-methyl/N-ethyl adjacent to an activating group) is 1. The second-order valence-electron chi connectivity index (χ2n) is 18.1. The fourth-order valence-electron chi connectivity index (χ4n) is 7.41. The number of rotatable bonds is 18. The number of imidazole rings is 1. The SMILES string of the molecule is CCCNC(=O)CNCc1cn(CCCNC(=O)CCCOc2c(C(C)(C)C)cc(-c3nc4cc(-c5ccc(N6CCN(C)CC6)cc5)ccc4[nH]3)cc2C(C)(C)C)nn1. The molecule has 6 rings (SSSR count). The topological polar surface area (TPSA) is 145 Å². The van der Waals surface area contributed by atoms with Gasteiger partial charge >= 0.3 is 0 Å². The molecule has 60 heavy (non-hydrogen) atoms. The van der Waals surface area contributed by atoms with Crippen LogP contribution in [0.25, 0.3) is 33.5 Å². The molecule has 0 saturated carbocycles. The van der Waals surface area contributed by atoms with Gasteiger partial charge in [-0.3, -0.25) is 14.3 Å². The van der Waals surface area contributed by atoms with Gasteiger partial charge in [0.2, 0.25) is 11.8 Å². The predicted molar refractivity (Wildman–Crippen MR) is 241 cm³/mol. The van der Waals surface area contributed by atoms with Crippen molar-refractivity contribution in [1.29, 1.82) is 0 Å². The summed E-state index contributed by atoms with van der Waals surface area (Å²) in [4.78, 5) is 38.1. The van der Waals surface area contributed by atoms with Crippen LogP contribution in [0.5, 0.6) is 5.75 Å². The quantitative estimate of drug-likeness (QED) is 0.0701. The van der Waals surface area contributed by atoms with Gasteiger partial charge in [0, 0.05) is 87.4 Å². The molecule has 0 aliphatic carbocycles. The predicted octanol–water partition coefficient (Wildman–Crippen LogP) is 6.82. The van der Waals surface area contributed by atoms with Crippen molar-refractivity contribution < 1.29 is 14.3 Å². The number of carbonyl (C=O) groups is 2. The highest BCUT2D eigenvalue weighted by Gasteiger charge is 2.29. The number of ether oxygens (including phenoxy) is 1. The number of amides is 2. The van der Waals surface area contributed by atoms with Crippen LogP contribution in [-0.2, 0) is 33.5 Å². The van der Waals surface area contributed by atoms with Crippen molar-refractivity contribution in [3.63, 3.8) is 0 Å². The Hall–Kier alpha value is -5.27. The number of anilines is 1. The number of aryl methyl sites for hydroxylation is 1. The summed E-state index contributed by atoms with van der Waals surface area (Å²) in [7, 11) is 2.18. The number of aromatic amines is 1. The lowest BCUT2D eigenvalue weighted by molar-refractivity contribution is -0.121. The minimum absolute atomic E-state index is 0.00146. The Labute approximate surface area is 356 Å². The van der Waals surface area contributed by atoms with Crippen LogP contribution < -0.4 is 25.6 Å². The van der Waals surface area contributed by atoms with E-state index in [1.165, 1.54) is 11.3 Å². The summed E-state index contributed by atoms with van der Waals surface area (Å²) in [5.74, 6) is 1.69. The molecular weight excluding hydrogens is 753 g/mol. The summed E-state index contributed by atoms with van der Waals surface area (Å²) in [5.41, 5.74) is 9.13. The van der Waals surface area contributed by atoms with E-state index in [0.29, 0.717) is 45.6 Å². The zero-order chi connectivity index (χ0) is 42.9. The number of carbonyl (C=O) groups excluding carboxylic acids is 2. The lowest BCUT2D eigenvalue weighted by Gasteiger charge is -2.34. The van der Waals surface area contributed by atoms with Crippen LogP contribution in [0.4, 0.5) is 5.69 Å². The van der Waals surface area contributed by atoms with E-state index in [4.69, 9.17) is 9.72 Å². The number of benzene rings is 3. The maximum Gasteiger partial charge on any atom is 0.233 e. The summed E-state index contributed by atoms with van der Waals surface area (Å²) >= 11 is 0. The second kappa shape index (κ2) is 19.9. The van der Waals surface area contributed by atoms with E-state index >= 15 is 0 Å². The van der Waals surface area contributed by atoms with Crippen molar-refractivity contribution >= 4 is 28.5 Å². The van der Waals surface area contributed by atoms with Crippen LogP contribution in [0.1, 0.15) is 91.0 Å².